The van der Waals surface area contributed by atoms with Crippen molar-refractivity contribution in [3.05, 3.63) is 35.9 Å². The number of carboxylic acid groups (broad SMARTS) is 1. The molecule has 0 unspecified atom stereocenters. The van der Waals surface area contributed by atoms with Gasteiger partial charge in [0.05, 0.1) is 0 Å². The lowest BCUT2D eigenvalue weighted by molar-refractivity contribution is -0.147. The van der Waals surface area contributed by atoms with E-state index in [4.69, 9.17) is 4.74 Å². The Bertz CT molecular complexity index is 1170. The predicted molar refractivity (Wildman–Crippen MR) is 150 cm³/mol. The van der Waals surface area contributed by atoms with Gasteiger partial charge in [-0.05, 0) is 74.8 Å². The number of hydrogen-bond acceptors (Lipinski definition) is 7. The number of carboxylic acids is 1. The first kappa shape index (κ1) is 34.9. The maximum Gasteiger partial charge on any atom is 0.408 e. The lowest BCUT2D eigenvalue weighted by atomic mass is 9.94. The van der Waals surface area contributed by atoms with Crippen molar-refractivity contribution in [3.8, 4) is 0 Å². The highest BCUT2D eigenvalue weighted by Gasteiger charge is 2.43. The van der Waals surface area contributed by atoms with E-state index in [0.29, 0.717) is 0 Å². The molecule has 0 saturated carbocycles. The van der Waals surface area contributed by atoms with Crippen LogP contribution in [0, 0.1) is 0 Å². The third-order valence-electron chi connectivity index (χ3n) is 6.14. The van der Waals surface area contributed by atoms with Gasteiger partial charge < -0.3 is 36.4 Å². The van der Waals surface area contributed by atoms with Gasteiger partial charge in [0.1, 0.15) is 34.3 Å². The second kappa shape index (κ2) is 12.6. The van der Waals surface area contributed by atoms with E-state index in [1.807, 2.05) is 6.07 Å². The van der Waals surface area contributed by atoms with Gasteiger partial charge in [-0.15, -0.1) is 0 Å². The van der Waals surface area contributed by atoms with E-state index >= 15 is 0 Å². The standard InChI is InChI=1S/C28H43N5O8/c1-24(2,18(34)30-26(5,6)20(36)32-28(9,10)22(38)39)29-19(35)25(3,4)31-21(37)27(7,8)33-23(40)41-16-17-14-12-11-13-15-17/h11-15H,16H2,1-10H3,(H,29,35)(H,30,34)(H,31,37)(H,32,36)(H,33,40)(H,38,39). The van der Waals surface area contributed by atoms with Crippen LogP contribution in [-0.4, -0.2) is 68.5 Å². The van der Waals surface area contributed by atoms with Gasteiger partial charge in [0.25, 0.3) is 0 Å². The van der Waals surface area contributed by atoms with Gasteiger partial charge in [-0.3, -0.25) is 19.2 Å². The summed E-state index contributed by atoms with van der Waals surface area (Å²) in [6.45, 7) is 13.9. The fraction of sp³-hybridized carbons (Fsp3) is 0.571. The molecule has 0 aliphatic carbocycles. The molecule has 0 aromatic heterocycles. The summed E-state index contributed by atoms with van der Waals surface area (Å²) in [4.78, 5) is 75.5. The summed E-state index contributed by atoms with van der Waals surface area (Å²) in [5.74, 6) is -4.14. The maximum atomic E-state index is 13.1. The molecule has 0 aliphatic rings. The summed E-state index contributed by atoms with van der Waals surface area (Å²) < 4.78 is 5.17. The van der Waals surface area contributed by atoms with E-state index < -0.39 is 63.4 Å². The maximum absolute atomic E-state index is 13.1. The number of amides is 5. The van der Waals surface area contributed by atoms with Crippen LogP contribution < -0.4 is 26.6 Å². The molecule has 5 amide bonds. The van der Waals surface area contributed by atoms with E-state index in [1.165, 1.54) is 69.2 Å². The highest BCUT2D eigenvalue weighted by Crippen LogP contribution is 2.15. The Balaban J connectivity index is 2.81. The number of nitrogens with one attached hydrogen (secondary N) is 5. The SMILES string of the molecule is CC(C)(NC(=O)C(C)(C)NC(=O)C(C)(C)NC(=O)C(C)(C)NC(=O)C(C)(C)NC(=O)OCc1ccccc1)C(=O)O. The quantitative estimate of drug-likeness (QED) is 0.214. The summed E-state index contributed by atoms with van der Waals surface area (Å²) in [5, 5.41) is 21.7. The van der Waals surface area contributed by atoms with Crippen molar-refractivity contribution in [3.63, 3.8) is 0 Å². The monoisotopic (exact) mass is 577 g/mol. The number of aliphatic carboxylic acids is 1. The molecule has 41 heavy (non-hydrogen) atoms. The molecule has 1 rings (SSSR count). The van der Waals surface area contributed by atoms with Gasteiger partial charge >= 0.3 is 12.1 Å². The summed E-state index contributed by atoms with van der Waals surface area (Å²) in [6.07, 6.45) is -0.826. The molecule has 0 radical (unpaired) electrons. The van der Waals surface area contributed by atoms with E-state index in [-0.39, 0.29) is 6.61 Å². The summed E-state index contributed by atoms with van der Waals surface area (Å²) in [6, 6.07) is 8.99. The molecule has 228 valence electrons. The van der Waals surface area contributed by atoms with Crippen molar-refractivity contribution in [2.75, 3.05) is 0 Å². The van der Waals surface area contributed by atoms with Crippen LogP contribution in [0.1, 0.15) is 74.8 Å². The van der Waals surface area contributed by atoms with E-state index in [9.17, 15) is 33.9 Å². The first-order valence-corrected chi connectivity index (χ1v) is 13.0. The van der Waals surface area contributed by atoms with Crippen LogP contribution >= 0.6 is 0 Å². The third kappa shape index (κ3) is 10.1. The van der Waals surface area contributed by atoms with Crippen molar-refractivity contribution >= 4 is 35.7 Å². The van der Waals surface area contributed by atoms with Gasteiger partial charge in [-0.25, -0.2) is 9.59 Å². The minimum absolute atomic E-state index is 0.00516. The van der Waals surface area contributed by atoms with Crippen LogP contribution in [0.4, 0.5) is 4.79 Å². The second-order valence-corrected chi connectivity index (χ2v) is 12.4. The smallest absolute Gasteiger partial charge is 0.408 e. The second-order valence-electron chi connectivity index (χ2n) is 12.4. The highest BCUT2D eigenvalue weighted by molar-refractivity contribution is 6.00. The Hall–Kier alpha value is -4.16. The Kier molecular flexibility index (Phi) is 10.7. The first-order valence-electron chi connectivity index (χ1n) is 13.0. The summed E-state index contributed by atoms with van der Waals surface area (Å²) in [5.41, 5.74) is -6.87. The molecule has 0 heterocycles. The molecule has 6 N–H and O–H groups in total. The lowest BCUT2D eigenvalue weighted by Gasteiger charge is -2.36. The number of hydrogen-bond donors (Lipinski definition) is 6. The average molecular weight is 578 g/mol. The lowest BCUT2D eigenvalue weighted by Crippen LogP contribution is -2.68. The molecular formula is C28H43N5O8. The topological polar surface area (TPSA) is 192 Å². The van der Waals surface area contributed by atoms with Crippen molar-refractivity contribution in [1.82, 2.24) is 26.6 Å². The Morgan fingerprint density at radius 2 is 0.878 bits per heavy atom. The van der Waals surface area contributed by atoms with Crippen LogP contribution in [0.15, 0.2) is 30.3 Å². The molecule has 0 atom stereocenters. The predicted octanol–water partition coefficient (Wildman–Crippen LogP) is 1.36. The van der Waals surface area contributed by atoms with Crippen LogP contribution in [0.25, 0.3) is 0 Å². The molecule has 13 nitrogen and oxygen atoms in total. The first-order chi connectivity index (χ1) is 18.4. The fourth-order valence-corrected chi connectivity index (χ4v) is 3.06. The van der Waals surface area contributed by atoms with Gasteiger partial charge in [0.2, 0.25) is 23.6 Å². The molecular weight excluding hydrogens is 534 g/mol. The molecule has 1 aromatic rings. The average Bonchev–Trinajstić information content (AvgIpc) is 2.81. The number of benzene rings is 1. The van der Waals surface area contributed by atoms with Crippen LogP contribution in [0.2, 0.25) is 0 Å². The van der Waals surface area contributed by atoms with Crippen LogP contribution in [0.5, 0.6) is 0 Å². The summed E-state index contributed by atoms with van der Waals surface area (Å²) >= 11 is 0. The van der Waals surface area contributed by atoms with E-state index in [0.717, 1.165) is 5.56 Å². The fourth-order valence-electron chi connectivity index (χ4n) is 3.06. The van der Waals surface area contributed by atoms with E-state index in [1.54, 1.807) is 24.3 Å². The zero-order valence-electron chi connectivity index (χ0n) is 25.4. The van der Waals surface area contributed by atoms with Crippen LogP contribution in [0.3, 0.4) is 0 Å². The Labute approximate surface area is 240 Å². The number of carbonyl (C=O) groups is 6. The molecule has 1 aromatic carbocycles. The van der Waals surface area contributed by atoms with Crippen molar-refractivity contribution in [2.45, 2.75) is 104 Å². The molecule has 0 spiro atoms. The Morgan fingerprint density at radius 1 is 0.561 bits per heavy atom. The zero-order valence-corrected chi connectivity index (χ0v) is 25.4. The normalized spacial score (nSPS) is 12.4. The van der Waals surface area contributed by atoms with E-state index in [2.05, 4.69) is 26.6 Å². The van der Waals surface area contributed by atoms with Crippen molar-refractivity contribution in [1.29, 1.82) is 0 Å². The molecule has 13 heteroatoms. The minimum Gasteiger partial charge on any atom is -0.480 e. The van der Waals surface area contributed by atoms with Crippen LogP contribution in [-0.2, 0) is 35.3 Å². The molecule has 0 aliphatic heterocycles. The largest absolute Gasteiger partial charge is 0.480 e. The van der Waals surface area contributed by atoms with Gasteiger partial charge in [-0.2, -0.15) is 0 Å². The summed E-state index contributed by atoms with van der Waals surface area (Å²) in [7, 11) is 0. The third-order valence-corrected chi connectivity index (χ3v) is 6.14. The van der Waals surface area contributed by atoms with Crippen molar-refractivity contribution < 1.29 is 38.6 Å². The Morgan fingerprint density at radius 3 is 1.22 bits per heavy atom. The number of ether oxygens (including phenoxy) is 1. The number of carbonyl (C=O) groups excluding carboxylic acids is 5. The zero-order chi connectivity index (χ0) is 32.0. The minimum atomic E-state index is -1.58. The van der Waals surface area contributed by atoms with Gasteiger partial charge in [-0.1, -0.05) is 30.3 Å². The molecule has 0 saturated heterocycles. The number of alkyl carbamates (subject to hydrolysis) is 1. The molecule has 0 bridgehead atoms. The molecule has 0 fully saturated rings. The highest BCUT2D eigenvalue weighted by atomic mass is 16.5. The van der Waals surface area contributed by atoms with Crippen molar-refractivity contribution in [2.24, 2.45) is 0 Å². The van der Waals surface area contributed by atoms with Gasteiger partial charge in [0, 0.05) is 0 Å². The van der Waals surface area contributed by atoms with Gasteiger partial charge in [0.15, 0.2) is 0 Å². The number of rotatable bonds is 12.